The van der Waals surface area contributed by atoms with Crippen LogP contribution in [-0.4, -0.2) is 28.5 Å². The standard InChI is InChI=1S/C27H18N4O4/c32-26-23-24(18-13-15-20(16-14-18)31(34)35)28-30(19-9-2-1-3-10-19)25(23)27(33)29(26)22-12-6-8-17-7-4-5-11-21(17)22/h1-16,23,25H/t23-,25+/m0/s1. The van der Waals surface area contributed by atoms with Crippen molar-refractivity contribution in [1.82, 2.24) is 0 Å². The van der Waals surface area contributed by atoms with Crippen LogP contribution in [0.5, 0.6) is 0 Å². The van der Waals surface area contributed by atoms with Crippen LogP contribution in [0.3, 0.4) is 0 Å². The van der Waals surface area contributed by atoms with Crippen LogP contribution in [0.15, 0.2) is 102 Å². The lowest BCUT2D eigenvalue weighted by atomic mass is 9.92. The number of carbonyl (C=O) groups excluding carboxylic acids is 2. The Bertz CT molecular complexity index is 1530. The molecule has 0 bridgehead atoms. The summed E-state index contributed by atoms with van der Waals surface area (Å²) >= 11 is 0. The first-order chi connectivity index (χ1) is 17.0. The molecule has 2 amide bonds. The predicted molar refractivity (Wildman–Crippen MR) is 132 cm³/mol. The number of nitro groups is 1. The van der Waals surface area contributed by atoms with Crippen LogP contribution in [-0.2, 0) is 9.59 Å². The maximum Gasteiger partial charge on any atom is 0.269 e. The first kappa shape index (κ1) is 20.7. The van der Waals surface area contributed by atoms with Crippen molar-refractivity contribution in [2.24, 2.45) is 11.0 Å². The van der Waals surface area contributed by atoms with Gasteiger partial charge in [0.25, 0.3) is 11.6 Å². The fourth-order valence-electron chi connectivity index (χ4n) is 4.84. The number of rotatable bonds is 4. The predicted octanol–water partition coefficient (Wildman–Crippen LogP) is 4.53. The highest BCUT2D eigenvalue weighted by atomic mass is 16.6. The van der Waals surface area contributed by atoms with Crippen molar-refractivity contribution in [2.45, 2.75) is 6.04 Å². The smallest absolute Gasteiger partial charge is 0.269 e. The van der Waals surface area contributed by atoms with Gasteiger partial charge in [0.05, 0.1) is 22.0 Å². The molecule has 1 fully saturated rings. The number of carbonyl (C=O) groups is 2. The molecule has 6 rings (SSSR count). The van der Waals surface area contributed by atoms with Crippen LogP contribution in [0, 0.1) is 16.0 Å². The molecule has 2 heterocycles. The van der Waals surface area contributed by atoms with Crippen molar-refractivity contribution < 1.29 is 14.5 Å². The van der Waals surface area contributed by atoms with Crippen molar-refractivity contribution in [3.05, 3.63) is 113 Å². The first-order valence-corrected chi connectivity index (χ1v) is 11.1. The van der Waals surface area contributed by atoms with E-state index in [1.165, 1.54) is 17.0 Å². The minimum atomic E-state index is -0.853. The summed E-state index contributed by atoms with van der Waals surface area (Å²) in [5.41, 5.74) is 2.12. The third kappa shape index (κ3) is 3.18. The number of amides is 2. The number of nitrogens with zero attached hydrogens (tertiary/aromatic N) is 4. The highest BCUT2D eigenvalue weighted by Crippen LogP contribution is 2.41. The topological polar surface area (TPSA) is 96.1 Å². The molecule has 0 spiro atoms. The SMILES string of the molecule is O=C1[C@H]2C(c3ccc([N+](=O)[O-])cc3)=NN(c3ccccc3)[C@H]2C(=O)N1c1cccc2ccccc12. The molecule has 0 aliphatic carbocycles. The summed E-state index contributed by atoms with van der Waals surface area (Å²) in [6.07, 6.45) is 0. The van der Waals surface area contributed by atoms with Crippen LogP contribution < -0.4 is 9.91 Å². The molecule has 2 aliphatic heterocycles. The van der Waals surface area contributed by atoms with Crippen molar-refractivity contribution in [3.63, 3.8) is 0 Å². The summed E-state index contributed by atoms with van der Waals surface area (Å²) in [6.45, 7) is 0. The summed E-state index contributed by atoms with van der Waals surface area (Å²) in [7, 11) is 0. The van der Waals surface area contributed by atoms with Crippen molar-refractivity contribution in [1.29, 1.82) is 0 Å². The van der Waals surface area contributed by atoms with Crippen LogP contribution in [0.4, 0.5) is 17.1 Å². The van der Waals surface area contributed by atoms with E-state index in [2.05, 4.69) is 0 Å². The fraction of sp³-hybridized carbons (Fsp3) is 0.0741. The number of hydrogen-bond donors (Lipinski definition) is 0. The van der Waals surface area contributed by atoms with Gasteiger partial charge in [-0.1, -0.05) is 54.6 Å². The largest absolute Gasteiger partial charge is 0.273 e. The second-order valence-electron chi connectivity index (χ2n) is 8.40. The van der Waals surface area contributed by atoms with E-state index < -0.39 is 16.9 Å². The molecule has 4 aromatic carbocycles. The number of hydrazone groups is 1. The van der Waals surface area contributed by atoms with Gasteiger partial charge in [-0.05, 0) is 41.3 Å². The molecule has 8 nitrogen and oxygen atoms in total. The lowest BCUT2D eigenvalue weighted by Gasteiger charge is -2.22. The van der Waals surface area contributed by atoms with Gasteiger partial charge in [0, 0.05) is 17.5 Å². The molecule has 0 unspecified atom stereocenters. The number of para-hydroxylation sites is 1. The molecule has 0 radical (unpaired) electrons. The van der Waals surface area contributed by atoms with Crippen molar-refractivity contribution >= 4 is 45.4 Å². The monoisotopic (exact) mass is 462 g/mol. The van der Waals surface area contributed by atoms with Crippen LogP contribution in [0.1, 0.15) is 5.56 Å². The average molecular weight is 462 g/mol. The van der Waals surface area contributed by atoms with Gasteiger partial charge in [0.15, 0.2) is 0 Å². The number of imide groups is 1. The van der Waals surface area contributed by atoms with Gasteiger partial charge in [-0.3, -0.25) is 24.7 Å². The molecule has 8 heteroatoms. The van der Waals surface area contributed by atoms with Crippen LogP contribution in [0.2, 0.25) is 0 Å². The van der Waals surface area contributed by atoms with Gasteiger partial charge in [-0.25, -0.2) is 4.90 Å². The third-order valence-electron chi connectivity index (χ3n) is 6.45. The van der Waals surface area contributed by atoms with E-state index in [-0.39, 0.29) is 17.5 Å². The fourth-order valence-corrected chi connectivity index (χ4v) is 4.84. The minimum Gasteiger partial charge on any atom is -0.273 e. The summed E-state index contributed by atoms with van der Waals surface area (Å²) < 4.78 is 0. The lowest BCUT2D eigenvalue weighted by Crippen LogP contribution is -2.39. The number of fused-ring (bicyclic) bond motifs is 2. The maximum atomic E-state index is 13.9. The molecular weight excluding hydrogens is 444 g/mol. The Morgan fingerprint density at radius 3 is 2.20 bits per heavy atom. The van der Waals surface area contributed by atoms with E-state index in [1.54, 1.807) is 23.2 Å². The van der Waals surface area contributed by atoms with Gasteiger partial charge in [-0.2, -0.15) is 5.10 Å². The molecule has 0 aromatic heterocycles. The van der Waals surface area contributed by atoms with E-state index in [4.69, 9.17) is 5.10 Å². The minimum absolute atomic E-state index is 0.0602. The second kappa shape index (κ2) is 7.88. The first-order valence-electron chi connectivity index (χ1n) is 11.1. The molecule has 4 aromatic rings. The number of hydrogen-bond acceptors (Lipinski definition) is 6. The molecule has 1 saturated heterocycles. The Labute approximate surface area is 199 Å². The van der Waals surface area contributed by atoms with Gasteiger partial charge in [0.1, 0.15) is 12.0 Å². The normalized spacial score (nSPS) is 19.3. The Hall–Kier alpha value is -4.85. The maximum absolute atomic E-state index is 13.9. The Morgan fingerprint density at radius 1 is 0.771 bits per heavy atom. The number of non-ortho nitro benzene ring substituents is 1. The molecule has 0 saturated carbocycles. The zero-order valence-electron chi connectivity index (χ0n) is 18.3. The van der Waals surface area contributed by atoms with Gasteiger partial charge >= 0.3 is 0 Å². The van der Waals surface area contributed by atoms with Gasteiger partial charge in [0.2, 0.25) is 5.91 Å². The van der Waals surface area contributed by atoms with Crippen molar-refractivity contribution in [2.75, 3.05) is 9.91 Å². The molecular formula is C27H18N4O4. The molecule has 2 aliphatic rings. The summed E-state index contributed by atoms with van der Waals surface area (Å²) in [6, 6.07) is 27.4. The van der Waals surface area contributed by atoms with E-state index in [9.17, 15) is 19.7 Å². The molecule has 35 heavy (non-hydrogen) atoms. The molecule has 0 N–H and O–H groups in total. The number of benzene rings is 4. The van der Waals surface area contributed by atoms with Crippen LogP contribution >= 0.6 is 0 Å². The Morgan fingerprint density at radius 2 is 1.46 bits per heavy atom. The van der Waals surface area contributed by atoms with Crippen LogP contribution in [0.25, 0.3) is 10.8 Å². The lowest BCUT2D eigenvalue weighted by molar-refractivity contribution is -0.384. The zero-order valence-corrected chi connectivity index (χ0v) is 18.3. The van der Waals surface area contributed by atoms with E-state index in [1.807, 2.05) is 66.7 Å². The summed E-state index contributed by atoms with van der Waals surface area (Å²) in [5.74, 6) is -1.57. The van der Waals surface area contributed by atoms with E-state index in [0.29, 0.717) is 22.6 Å². The van der Waals surface area contributed by atoms with Crippen molar-refractivity contribution in [3.8, 4) is 0 Å². The highest BCUT2D eigenvalue weighted by molar-refractivity contribution is 6.35. The van der Waals surface area contributed by atoms with Gasteiger partial charge < -0.3 is 0 Å². The highest BCUT2D eigenvalue weighted by Gasteiger charge is 2.57. The molecule has 2 atom stereocenters. The molecule has 170 valence electrons. The number of anilines is 2. The summed E-state index contributed by atoms with van der Waals surface area (Å²) in [5, 5.41) is 19.1. The summed E-state index contributed by atoms with van der Waals surface area (Å²) in [4.78, 5) is 39.6. The van der Waals surface area contributed by atoms with E-state index >= 15 is 0 Å². The second-order valence-corrected chi connectivity index (χ2v) is 8.40. The Balaban J connectivity index is 1.49. The average Bonchev–Trinajstić information content (AvgIpc) is 3.41. The zero-order chi connectivity index (χ0) is 24.1. The number of nitro benzene ring substituents is 1. The van der Waals surface area contributed by atoms with E-state index in [0.717, 1.165) is 10.8 Å². The quantitative estimate of drug-likeness (QED) is 0.252. The Kier molecular flexibility index (Phi) is 4.67. The van der Waals surface area contributed by atoms with Gasteiger partial charge in [-0.15, -0.1) is 0 Å². The third-order valence-corrected chi connectivity index (χ3v) is 6.45.